The first kappa shape index (κ1) is 13.4. The lowest BCUT2D eigenvalue weighted by Gasteiger charge is -2.11. The van der Waals surface area contributed by atoms with Crippen molar-refractivity contribution in [3.05, 3.63) is 44.9 Å². The highest BCUT2D eigenvalue weighted by molar-refractivity contribution is 7.09. The fraction of sp³-hybridized carbons (Fsp3) is 0.357. The van der Waals surface area contributed by atoms with Gasteiger partial charge in [0.25, 0.3) is 0 Å². The zero-order valence-electron chi connectivity index (χ0n) is 10.8. The van der Waals surface area contributed by atoms with E-state index in [9.17, 15) is 0 Å². The summed E-state index contributed by atoms with van der Waals surface area (Å²) in [5, 5.41) is 3.09. The third-order valence-electron chi connectivity index (χ3n) is 2.78. The molecule has 1 aromatic carbocycles. The molecule has 0 saturated heterocycles. The van der Waals surface area contributed by atoms with Crippen LogP contribution in [0.25, 0.3) is 0 Å². The molecule has 0 unspecified atom stereocenters. The van der Waals surface area contributed by atoms with Gasteiger partial charge in [0, 0.05) is 17.4 Å². The molecular weight excluding hydrogens is 266 g/mol. The van der Waals surface area contributed by atoms with Crippen molar-refractivity contribution >= 4 is 22.9 Å². The van der Waals surface area contributed by atoms with Gasteiger partial charge >= 0.3 is 0 Å². The molecule has 18 heavy (non-hydrogen) atoms. The Hall–Kier alpha value is -1.06. The van der Waals surface area contributed by atoms with Crippen molar-refractivity contribution < 1.29 is 4.74 Å². The maximum absolute atomic E-state index is 5.77. The molecule has 0 aliphatic heterocycles. The lowest BCUT2D eigenvalue weighted by molar-refractivity contribution is 0.407. The molecule has 0 aliphatic rings. The Morgan fingerprint density at radius 2 is 2.11 bits per heavy atom. The molecule has 2 aromatic rings. The van der Waals surface area contributed by atoms with E-state index in [0.29, 0.717) is 5.88 Å². The number of benzene rings is 1. The monoisotopic (exact) mass is 281 g/mol. The molecule has 0 fully saturated rings. The fourth-order valence-corrected chi connectivity index (χ4v) is 3.17. The molecule has 0 bridgehead atoms. The summed E-state index contributed by atoms with van der Waals surface area (Å²) in [5.41, 5.74) is 4.55. The molecule has 0 amide bonds. The number of ether oxygens (including phenoxy) is 1. The van der Waals surface area contributed by atoms with Crippen LogP contribution in [0, 0.1) is 13.8 Å². The number of aryl methyl sites for hydroxylation is 2. The average Bonchev–Trinajstić information content (AvgIpc) is 2.76. The Morgan fingerprint density at radius 3 is 2.72 bits per heavy atom. The smallest absolute Gasteiger partial charge is 0.125 e. The zero-order valence-corrected chi connectivity index (χ0v) is 12.4. The van der Waals surface area contributed by atoms with Crippen LogP contribution in [0.5, 0.6) is 5.75 Å². The molecule has 0 saturated carbocycles. The van der Waals surface area contributed by atoms with Crippen LogP contribution in [-0.2, 0) is 12.3 Å². The Kier molecular flexibility index (Phi) is 4.25. The van der Waals surface area contributed by atoms with E-state index in [0.717, 1.165) is 22.9 Å². The van der Waals surface area contributed by atoms with Gasteiger partial charge in [0.05, 0.1) is 23.7 Å². The lowest BCUT2D eigenvalue weighted by Crippen LogP contribution is -1.97. The van der Waals surface area contributed by atoms with Crippen LogP contribution >= 0.6 is 22.9 Å². The fourth-order valence-electron chi connectivity index (χ4n) is 2.12. The topological polar surface area (TPSA) is 22.1 Å². The summed E-state index contributed by atoms with van der Waals surface area (Å²) >= 11 is 7.42. The number of hydrogen-bond acceptors (Lipinski definition) is 3. The van der Waals surface area contributed by atoms with Gasteiger partial charge in [-0.3, -0.25) is 0 Å². The Morgan fingerprint density at radius 1 is 1.33 bits per heavy atom. The number of aromatic nitrogens is 1. The van der Waals surface area contributed by atoms with Crippen LogP contribution in [0.2, 0.25) is 0 Å². The van der Waals surface area contributed by atoms with Crippen LogP contribution in [0.3, 0.4) is 0 Å². The van der Waals surface area contributed by atoms with Crippen LogP contribution in [0.15, 0.2) is 17.5 Å². The van der Waals surface area contributed by atoms with E-state index in [2.05, 4.69) is 31.0 Å². The van der Waals surface area contributed by atoms with Crippen molar-refractivity contribution in [1.29, 1.82) is 0 Å². The molecule has 2 rings (SSSR count). The first-order valence-electron chi connectivity index (χ1n) is 5.77. The molecule has 0 spiro atoms. The van der Waals surface area contributed by atoms with Crippen molar-refractivity contribution in [2.75, 3.05) is 7.11 Å². The molecule has 96 valence electrons. The number of halogens is 1. The number of thiazole rings is 1. The number of hydrogen-bond donors (Lipinski definition) is 0. The summed E-state index contributed by atoms with van der Waals surface area (Å²) in [6.45, 7) is 4.17. The number of rotatable bonds is 4. The highest BCUT2D eigenvalue weighted by atomic mass is 35.5. The predicted molar refractivity (Wildman–Crippen MR) is 76.9 cm³/mol. The second-order valence-electron chi connectivity index (χ2n) is 4.32. The van der Waals surface area contributed by atoms with Crippen molar-refractivity contribution in [3.63, 3.8) is 0 Å². The maximum atomic E-state index is 5.77. The standard InChI is InChI=1S/C14H16ClNOS/c1-9-4-10(2)14(17-3)11(5-9)6-13-16-12(7-15)8-18-13/h4-5,8H,6-7H2,1-3H3. The summed E-state index contributed by atoms with van der Waals surface area (Å²) in [6, 6.07) is 4.29. The summed E-state index contributed by atoms with van der Waals surface area (Å²) < 4.78 is 5.49. The minimum Gasteiger partial charge on any atom is -0.496 e. The van der Waals surface area contributed by atoms with Crippen molar-refractivity contribution in [2.24, 2.45) is 0 Å². The third-order valence-corrected chi connectivity index (χ3v) is 3.95. The van der Waals surface area contributed by atoms with Crippen LogP contribution in [0.1, 0.15) is 27.4 Å². The van der Waals surface area contributed by atoms with Gasteiger partial charge in [-0.15, -0.1) is 22.9 Å². The Balaban J connectivity index is 2.32. The second kappa shape index (κ2) is 5.72. The Bertz CT molecular complexity index is 551. The van der Waals surface area contributed by atoms with E-state index in [-0.39, 0.29) is 0 Å². The van der Waals surface area contributed by atoms with E-state index < -0.39 is 0 Å². The number of nitrogens with zero attached hydrogens (tertiary/aromatic N) is 1. The number of methoxy groups -OCH3 is 1. The highest BCUT2D eigenvalue weighted by Gasteiger charge is 2.10. The summed E-state index contributed by atoms with van der Waals surface area (Å²) in [5.74, 6) is 1.43. The maximum Gasteiger partial charge on any atom is 0.125 e. The average molecular weight is 282 g/mol. The first-order chi connectivity index (χ1) is 8.63. The van der Waals surface area contributed by atoms with Crippen LogP contribution in [0.4, 0.5) is 0 Å². The second-order valence-corrected chi connectivity index (χ2v) is 5.53. The number of alkyl halides is 1. The molecule has 0 radical (unpaired) electrons. The normalized spacial score (nSPS) is 10.7. The molecule has 4 heteroatoms. The largest absolute Gasteiger partial charge is 0.496 e. The molecular formula is C14H16ClNOS. The van der Waals surface area contributed by atoms with Gasteiger partial charge in [0.2, 0.25) is 0 Å². The lowest BCUT2D eigenvalue weighted by atomic mass is 10.0. The Labute approximate surface area is 117 Å². The molecule has 2 nitrogen and oxygen atoms in total. The van der Waals surface area contributed by atoms with E-state index in [1.54, 1.807) is 18.4 Å². The van der Waals surface area contributed by atoms with Crippen LogP contribution < -0.4 is 4.74 Å². The van der Waals surface area contributed by atoms with Crippen molar-refractivity contribution in [2.45, 2.75) is 26.1 Å². The van der Waals surface area contributed by atoms with Crippen molar-refractivity contribution in [3.8, 4) is 5.75 Å². The minimum atomic E-state index is 0.473. The zero-order chi connectivity index (χ0) is 13.1. The van der Waals surface area contributed by atoms with E-state index >= 15 is 0 Å². The summed E-state index contributed by atoms with van der Waals surface area (Å²) in [4.78, 5) is 4.49. The predicted octanol–water partition coefficient (Wildman–Crippen LogP) is 4.10. The van der Waals surface area contributed by atoms with Gasteiger partial charge in [0.1, 0.15) is 5.75 Å². The van der Waals surface area contributed by atoms with Gasteiger partial charge in [-0.2, -0.15) is 0 Å². The molecule has 0 aliphatic carbocycles. The third kappa shape index (κ3) is 2.85. The van der Waals surface area contributed by atoms with Gasteiger partial charge in [-0.05, 0) is 19.4 Å². The first-order valence-corrected chi connectivity index (χ1v) is 7.18. The highest BCUT2D eigenvalue weighted by Crippen LogP contribution is 2.28. The summed E-state index contributed by atoms with van der Waals surface area (Å²) in [7, 11) is 1.72. The van der Waals surface area contributed by atoms with Gasteiger partial charge in [0.15, 0.2) is 0 Å². The quantitative estimate of drug-likeness (QED) is 0.787. The SMILES string of the molecule is COc1c(C)cc(C)cc1Cc1nc(CCl)cs1. The van der Waals surface area contributed by atoms with E-state index in [4.69, 9.17) is 16.3 Å². The van der Waals surface area contributed by atoms with Gasteiger partial charge < -0.3 is 4.74 Å². The minimum absolute atomic E-state index is 0.473. The molecule has 0 N–H and O–H groups in total. The van der Waals surface area contributed by atoms with E-state index in [1.807, 2.05) is 5.38 Å². The van der Waals surface area contributed by atoms with Crippen LogP contribution in [-0.4, -0.2) is 12.1 Å². The summed E-state index contributed by atoms with van der Waals surface area (Å²) in [6.07, 6.45) is 0.799. The van der Waals surface area contributed by atoms with E-state index in [1.165, 1.54) is 16.7 Å². The van der Waals surface area contributed by atoms with Gasteiger partial charge in [-0.25, -0.2) is 4.98 Å². The molecule has 1 heterocycles. The molecule has 1 aromatic heterocycles. The van der Waals surface area contributed by atoms with Gasteiger partial charge in [-0.1, -0.05) is 17.7 Å². The van der Waals surface area contributed by atoms with Crippen molar-refractivity contribution in [1.82, 2.24) is 4.98 Å². The molecule has 0 atom stereocenters.